The molecule has 0 bridgehead atoms. The zero-order chi connectivity index (χ0) is 21.6. The van der Waals surface area contributed by atoms with Crippen LogP contribution in [0.5, 0.6) is 11.5 Å². The smallest absolute Gasteiger partial charge is 0.283 e. The molecule has 1 unspecified atom stereocenters. The summed E-state index contributed by atoms with van der Waals surface area (Å²) in [5.74, 6) is -1.36. The van der Waals surface area contributed by atoms with Crippen molar-refractivity contribution < 1.29 is 23.2 Å². The first kappa shape index (κ1) is 22.0. The standard InChI is InChI=1S/C19H12Cl4O5S/c20-11-6-7-14(21)12(8-11)19(29(26,27)28,10-4-2-1-3-5-10)13-9-15(24)16(22)17(23)18(13)25/h1-9,24-25H,(H,26,27,28). The first-order valence-electron chi connectivity index (χ1n) is 7.90. The van der Waals surface area contributed by atoms with Crippen molar-refractivity contribution in [2.24, 2.45) is 0 Å². The van der Waals surface area contributed by atoms with Crippen LogP contribution in [-0.2, 0) is 14.9 Å². The number of benzene rings is 3. The summed E-state index contributed by atoms with van der Waals surface area (Å²) in [5, 5.41) is 20.1. The predicted molar refractivity (Wildman–Crippen MR) is 114 cm³/mol. The van der Waals surface area contributed by atoms with Gasteiger partial charge in [0.1, 0.15) is 21.5 Å². The van der Waals surface area contributed by atoms with Crippen molar-refractivity contribution in [3.05, 3.63) is 91.4 Å². The lowest BCUT2D eigenvalue weighted by Gasteiger charge is -2.34. The largest absolute Gasteiger partial charge is 0.506 e. The number of phenolic OH excluding ortho intramolecular Hbond substituents is 2. The molecule has 0 aliphatic carbocycles. The van der Waals surface area contributed by atoms with Gasteiger partial charge in [0.15, 0.2) is 4.75 Å². The highest BCUT2D eigenvalue weighted by Gasteiger charge is 2.52. The van der Waals surface area contributed by atoms with Gasteiger partial charge in [0.25, 0.3) is 10.1 Å². The Morgan fingerprint density at radius 1 is 0.793 bits per heavy atom. The number of halogens is 4. The molecule has 3 aromatic rings. The van der Waals surface area contributed by atoms with Crippen LogP contribution in [0.4, 0.5) is 0 Å². The van der Waals surface area contributed by atoms with Crippen LogP contribution in [0.3, 0.4) is 0 Å². The van der Waals surface area contributed by atoms with E-state index in [1.54, 1.807) is 6.07 Å². The zero-order valence-corrected chi connectivity index (χ0v) is 18.1. The van der Waals surface area contributed by atoms with Gasteiger partial charge in [-0.25, -0.2) is 0 Å². The second-order valence-corrected chi connectivity index (χ2v) is 9.23. The highest BCUT2D eigenvalue weighted by molar-refractivity contribution is 7.87. The van der Waals surface area contributed by atoms with E-state index in [4.69, 9.17) is 46.4 Å². The average Bonchev–Trinajstić information content (AvgIpc) is 2.67. The van der Waals surface area contributed by atoms with Crippen LogP contribution in [0.25, 0.3) is 0 Å². The van der Waals surface area contributed by atoms with Crippen molar-refractivity contribution in [1.29, 1.82) is 0 Å². The molecule has 0 fully saturated rings. The third kappa shape index (κ3) is 3.54. The normalized spacial score (nSPS) is 13.8. The summed E-state index contributed by atoms with van der Waals surface area (Å²) >= 11 is 24.3. The lowest BCUT2D eigenvalue weighted by molar-refractivity contribution is 0.435. The monoisotopic (exact) mass is 492 g/mol. The third-order valence-electron chi connectivity index (χ3n) is 4.42. The molecule has 1 atom stereocenters. The van der Waals surface area contributed by atoms with Gasteiger partial charge >= 0.3 is 0 Å². The fraction of sp³-hybridized carbons (Fsp3) is 0.0526. The minimum Gasteiger partial charge on any atom is -0.506 e. The van der Waals surface area contributed by atoms with Crippen LogP contribution in [0, 0.1) is 0 Å². The molecule has 0 aliphatic rings. The molecular weight excluding hydrogens is 482 g/mol. The summed E-state index contributed by atoms with van der Waals surface area (Å²) in [6.45, 7) is 0. The SMILES string of the molecule is O=S(=O)(O)C(c1ccccc1)(c1cc(Cl)ccc1Cl)c1cc(O)c(Cl)c(Cl)c1O. The number of rotatable bonds is 4. The molecule has 0 aliphatic heterocycles. The topological polar surface area (TPSA) is 94.8 Å². The molecule has 10 heteroatoms. The van der Waals surface area contributed by atoms with Gasteiger partial charge < -0.3 is 10.2 Å². The van der Waals surface area contributed by atoms with Crippen LogP contribution >= 0.6 is 46.4 Å². The molecule has 152 valence electrons. The molecule has 3 N–H and O–H groups in total. The lowest BCUT2D eigenvalue weighted by Crippen LogP contribution is -2.38. The molecule has 0 spiro atoms. The summed E-state index contributed by atoms with van der Waals surface area (Å²) in [4.78, 5) is 0. The van der Waals surface area contributed by atoms with Crippen LogP contribution in [-0.4, -0.2) is 23.2 Å². The molecule has 0 radical (unpaired) electrons. The minimum atomic E-state index is -5.11. The molecule has 3 aromatic carbocycles. The molecule has 29 heavy (non-hydrogen) atoms. The summed E-state index contributed by atoms with van der Waals surface area (Å²) in [5.41, 5.74) is -0.601. The van der Waals surface area contributed by atoms with Gasteiger partial charge in [-0.1, -0.05) is 76.7 Å². The fourth-order valence-electron chi connectivity index (χ4n) is 3.19. The second kappa shape index (κ2) is 7.87. The number of aromatic hydroxyl groups is 2. The highest BCUT2D eigenvalue weighted by atomic mass is 35.5. The predicted octanol–water partition coefficient (Wildman–Crippen LogP) is 5.89. The van der Waals surface area contributed by atoms with Crippen LogP contribution in [0.15, 0.2) is 54.6 Å². The first-order chi connectivity index (χ1) is 13.5. The number of hydrogen-bond donors (Lipinski definition) is 3. The molecule has 0 aromatic heterocycles. The van der Waals surface area contributed by atoms with Gasteiger partial charge in [0, 0.05) is 21.2 Å². The molecule has 0 saturated heterocycles. The Labute approximate surface area is 186 Å². The van der Waals surface area contributed by atoms with Crippen molar-refractivity contribution in [2.45, 2.75) is 4.75 Å². The van der Waals surface area contributed by atoms with Crippen molar-refractivity contribution >= 4 is 56.5 Å². The summed E-state index contributed by atoms with van der Waals surface area (Å²) in [6.07, 6.45) is 0. The Kier molecular flexibility index (Phi) is 5.98. The van der Waals surface area contributed by atoms with Crippen LogP contribution in [0.2, 0.25) is 20.1 Å². The first-order valence-corrected chi connectivity index (χ1v) is 10.9. The maximum atomic E-state index is 13.0. The zero-order valence-electron chi connectivity index (χ0n) is 14.3. The van der Waals surface area contributed by atoms with Crippen molar-refractivity contribution in [1.82, 2.24) is 0 Å². The summed E-state index contributed by atoms with van der Waals surface area (Å²) in [6, 6.07) is 12.4. The molecular formula is C19H12Cl4O5S. The van der Waals surface area contributed by atoms with Crippen molar-refractivity contribution in [3.63, 3.8) is 0 Å². The summed E-state index contributed by atoms with van der Waals surface area (Å²) < 4.78 is 33.9. The van der Waals surface area contributed by atoms with Gasteiger partial charge in [-0.2, -0.15) is 8.42 Å². The van der Waals surface area contributed by atoms with E-state index in [0.717, 1.165) is 6.07 Å². The quantitative estimate of drug-likeness (QED) is 0.239. The number of phenols is 2. The fourth-order valence-corrected chi connectivity index (χ4v) is 5.34. The van der Waals surface area contributed by atoms with E-state index in [9.17, 15) is 23.2 Å². The second-order valence-electron chi connectivity index (χ2n) is 6.07. The average molecular weight is 494 g/mol. The van der Waals surface area contributed by atoms with E-state index >= 15 is 0 Å². The van der Waals surface area contributed by atoms with Crippen molar-refractivity contribution in [2.75, 3.05) is 0 Å². The van der Waals surface area contributed by atoms with E-state index < -0.39 is 37.0 Å². The molecule has 3 rings (SSSR count). The van der Waals surface area contributed by atoms with Gasteiger partial charge in [-0.3, -0.25) is 4.55 Å². The Morgan fingerprint density at radius 2 is 1.41 bits per heavy atom. The van der Waals surface area contributed by atoms with Crippen LogP contribution in [0.1, 0.15) is 16.7 Å². The van der Waals surface area contributed by atoms with Gasteiger partial charge in [-0.05, 0) is 29.8 Å². The van der Waals surface area contributed by atoms with Gasteiger partial charge in [0.05, 0.1) is 0 Å². The Balaban J connectivity index is 2.65. The Morgan fingerprint density at radius 3 is 2.00 bits per heavy atom. The molecule has 0 saturated carbocycles. The summed E-state index contributed by atoms with van der Waals surface area (Å²) in [7, 11) is -5.11. The number of hydrogen-bond acceptors (Lipinski definition) is 4. The van der Waals surface area contributed by atoms with Crippen molar-refractivity contribution in [3.8, 4) is 11.5 Å². The van der Waals surface area contributed by atoms with E-state index in [1.807, 2.05) is 0 Å². The Bertz CT molecular complexity index is 1200. The molecule has 5 nitrogen and oxygen atoms in total. The maximum Gasteiger partial charge on any atom is 0.283 e. The van der Waals surface area contributed by atoms with Crippen LogP contribution < -0.4 is 0 Å². The Hall–Kier alpha value is -1.67. The molecule has 0 heterocycles. The maximum absolute atomic E-state index is 13.0. The van der Waals surface area contributed by atoms with E-state index in [2.05, 4.69) is 0 Å². The minimum absolute atomic E-state index is 0.0137. The van der Waals surface area contributed by atoms with E-state index in [1.165, 1.54) is 42.5 Å². The van der Waals surface area contributed by atoms with E-state index in [-0.39, 0.29) is 26.2 Å². The van der Waals surface area contributed by atoms with Gasteiger partial charge in [0.2, 0.25) is 0 Å². The third-order valence-corrected chi connectivity index (χ3v) is 7.28. The molecule has 0 amide bonds. The highest BCUT2D eigenvalue weighted by Crippen LogP contribution is 2.53. The van der Waals surface area contributed by atoms with E-state index in [0.29, 0.717) is 0 Å². The van der Waals surface area contributed by atoms with Gasteiger partial charge in [-0.15, -0.1) is 0 Å². The lowest BCUT2D eigenvalue weighted by atomic mass is 9.83.